The topological polar surface area (TPSA) is 92.8 Å². The lowest BCUT2D eigenvalue weighted by Gasteiger charge is -2.11. The molecule has 4 N–H and O–H groups in total. The summed E-state index contributed by atoms with van der Waals surface area (Å²) in [6.07, 6.45) is 0. The fourth-order valence-corrected chi connectivity index (χ4v) is 1.47. The number of para-hydroxylation sites is 2. The predicted molar refractivity (Wildman–Crippen MR) is 66.0 cm³/mol. The molecule has 18 heavy (non-hydrogen) atoms. The van der Waals surface area contributed by atoms with Crippen LogP contribution in [-0.2, 0) is 0 Å². The average Bonchev–Trinajstić information content (AvgIpc) is 2.35. The number of hydrogen-bond donors (Lipinski definition) is 3. The normalized spacial score (nSPS) is 10.0. The number of benzene rings is 2. The number of anilines is 1. The highest BCUT2D eigenvalue weighted by atomic mass is 16.5. The molecule has 5 nitrogen and oxygen atoms in total. The van der Waals surface area contributed by atoms with Crippen molar-refractivity contribution in [2.75, 3.05) is 5.73 Å². The minimum absolute atomic E-state index is 0.0280. The lowest BCUT2D eigenvalue weighted by Crippen LogP contribution is -2.00. The average molecular weight is 245 g/mol. The lowest BCUT2D eigenvalue weighted by atomic mass is 10.2. The summed E-state index contributed by atoms with van der Waals surface area (Å²) in [5, 5.41) is 18.4. The van der Waals surface area contributed by atoms with Gasteiger partial charge in [0.05, 0.1) is 0 Å². The molecule has 0 saturated heterocycles. The van der Waals surface area contributed by atoms with E-state index in [0.29, 0.717) is 0 Å². The number of carboxylic acids is 1. The molecule has 0 unspecified atom stereocenters. The molecule has 2 rings (SSSR count). The van der Waals surface area contributed by atoms with Crippen LogP contribution < -0.4 is 10.5 Å². The molecule has 5 heteroatoms. The number of nitrogens with two attached hydrogens (primary N) is 1. The third-order valence-corrected chi connectivity index (χ3v) is 2.38. The van der Waals surface area contributed by atoms with Crippen molar-refractivity contribution in [1.82, 2.24) is 0 Å². The first-order chi connectivity index (χ1) is 8.59. The van der Waals surface area contributed by atoms with Gasteiger partial charge in [-0.2, -0.15) is 0 Å². The highest BCUT2D eigenvalue weighted by Crippen LogP contribution is 2.34. The number of ether oxygens (including phenoxy) is 1. The van der Waals surface area contributed by atoms with Crippen LogP contribution in [0.1, 0.15) is 10.4 Å². The molecule has 2 aromatic carbocycles. The van der Waals surface area contributed by atoms with E-state index in [1.54, 1.807) is 24.3 Å². The quantitative estimate of drug-likeness (QED) is 0.570. The number of carbonyl (C=O) groups is 1. The van der Waals surface area contributed by atoms with Crippen molar-refractivity contribution in [3.8, 4) is 17.2 Å². The van der Waals surface area contributed by atoms with Crippen molar-refractivity contribution >= 4 is 11.7 Å². The summed E-state index contributed by atoms with van der Waals surface area (Å²) in [5.41, 5.74) is 5.73. The molecule has 0 heterocycles. The van der Waals surface area contributed by atoms with Crippen LogP contribution in [0.5, 0.6) is 17.2 Å². The predicted octanol–water partition coefficient (Wildman–Crippen LogP) is 2.46. The van der Waals surface area contributed by atoms with E-state index in [1.165, 1.54) is 18.2 Å². The summed E-state index contributed by atoms with van der Waals surface area (Å²) >= 11 is 0. The smallest absolute Gasteiger partial charge is 0.339 e. The van der Waals surface area contributed by atoms with E-state index in [9.17, 15) is 9.90 Å². The number of carboxylic acid groups (broad SMARTS) is 1. The van der Waals surface area contributed by atoms with Gasteiger partial charge >= 0.3 is 5.97 Å². The Labute approximate surface area is 103 Å². The molecule has 0 spiro atoms. The first-order valence-electron chi connectivity index (χ1n) is 5.17. The Bertz CT molecular complexity index is 595. The van der Waals surface area contributed by atoms with Gasteiger partial charge in [-0.1, -0.05) is 18.2 Å². The fraction of sp³-hybridized carbons (Fsp3) is 0. The van der Waals surface area contributed by atoms with Crippen molar-refractivity contribution < 1.29 is 19.7 Å². The Morgan fingerprint density at radius 2 is 1.72 bits per heavy atom. The summed E-state index contributed by atoms with van der Waals surface area (Å²) in [6, 6.07) is 10.7. The summed E-state index contributed by atoms with van der Waals surface area (Å²) < 4.78 is 5.42. The summed E-state index contributed by atoms with van der Waals surface area (Å²) in [5.74, 6) is -0.823. The SMILES string of the molecule is Nc1c(O)cccc1Oc1ccccc1C(=O)O. The molecular formula is C13H11NO4. The molecule has 0 aliphatic rings. The number of aromatic hydroxyl groups is 1. The van der Waals surface area contributed by atoms with Crippen molar-refractivity contribution in [2.24, 2.45) is 0 Å². The van der Waals surface area contributed by atoms with E-state index < -0.39 is 5.97 Å². The summed E-state index contributed by atoms with van der Waals surface area (Å²) in [4.78, 5) is 11.0. The summed E-state index contributed by atoms with van der Waals surface area (Å²) in [6.45, 7) is 0. The molecule has 0 amide bonds. The molecule has 0 radical (unpaired) electrons. The van der Waals surface area contributed by atoms with E-state index in [2.05, 4.69) is 0 Å². The lowest BCUT2D eigenvalue weighted by molar-refractivity contribution is 0.0694. The number of aromatic carboxylic acids is 1. The largest absolute Gasteiger partial charge is 0.506 e. The van der Waals surface area contributed by atoms with E-state index in [0.717, 1.165) is 0 Å². The molecule has 0 aromatic heterocycles. The van der Waals surface area contributed by atoms with Crippen molar-refractivity contribution in [2.45, 2.75) is 0 Å². The van der Waals surface area contributed by atoms with E-state index >= 15 is 0 Å². The zero-order valence-corrected chi connectivity index (χ0v) is 9.33. The van der Waals surface area contributed by atoms with Crippen LogP contribution in [0.15, 0.2) is 42.5 Å². The standard InChI is InChI=1S/C13H11NO4/c14-12-9(15)5-3-7-11(12)18-10-6-2-1-4-8(10)13(16)17/h1-7,15H,14H2,(H,16,17). The number of hydrogen-bond acceptors (Lipinski definition) is 4. The molecule has 0 bridgehead atoms. The maximum absolute atomic E-state index is 11.0. The van der Waals surface area contributed by atoms with Gasteiger partial charge in [0.1, 0.15) is 22.7 Å². The van der Waals surface area contributed by atoms with Crippen LogP contribution >= 0.6 is 0 Å². The second-order valence-corrected chi connectivity index (χ2v) is 3.59. The van der Waals surface area contributed by atoms with Crippen LogP contribution in [0.25, 0.3) is 0 Å². The first-order valence-corrected chi connectivity index (χ1v) is 5.17. The van der Waals surface area contributed by atoms with Gasteiger partial charge in [0.25, 0.3) is 0 Å². The second-order valence-electron chi connectivity index (χ2n) is 3.59. The van der Waals surface area contributed by atoms with Gasteiger partial charge in [0.15, 0.2) is 5.75 Å². The van der Waals surface area contributed by atoms with Crippen LogP contribution in [0.2, 0.25) is 0 Å². The minimum Gasteiger partial charge on any atom is -0.506 e. The third-order valence-electron chi connectivity index (χ3n) is 2.38. The van der Waals surface area contributed by atoms with Gasteiger partial charge in [0, 0.05) is 0 Å². The molecule has 0 fully saturated rings. The highest BCUT2D eigenvalue weighted by molar-refractivity contribution is 5.91. The Balaban J connectivity index is 2.40. The van der Waals surface area contributed by atoms with Crippen LogP contribution in [-0.4, -0.2) is 16.2 Å². The van der Waals surface area contributed by atoms with Gasteiger partial charge < -0.3 is 20.7 Å². The number of nitrogen functional groups attached to an aromatic ring is 1. The Kier molecular flexibility index (Phi) is 3.05. The number of phenols is 1. The maximum atomic E-state index is 11.0. The zero-order valence-electron chi connectivity index (χ0n) is 9.33. The van der Waals surface area contributed by atoms with Crippen molar-refractivity contribution in [3.05, 3.63) is 48.0 Å². The molecule has 0 saturated carbocycles. The monoisotopic (exact) mass is 245 g/mol. The van der Waals surface area contributed by atoms with Gasteiger partial charge in [-0.25, -0.2) is 4.79 Å². The van der Waals surface area contributed by atoms with Crippen LogP contribution in [0, 0.1) is 0 Å². The number of phenolic OH excluding ortho intramolecular Hbond substituents is 1. The first kappa shape index (κ1) is 11.8. The number of rotatable bonds is 3. The van der Waals surface area contributed by atoms with Crippen LogP contribution in [0.4, 0.5) is 5.69 Å². The maximum Gasteiger partial charge on any atom is 0.339 e. The molecule has 92 valence electrons. The Hall–Kier alpha value is -2.69. The van der Waals surface area contributed by atoms with Gasteiger partial charge in [0.2, 0.25) is 0 Å². The second kappa shape index (κ2) is 4.67. The van der Waals surface area contributed by atoms with Gasteiger partial charge in [-0.3, -0.25) is 0 Å². The van der Waals surface area contributed by atoms with Crippen molar-refractivity contribution in [3.63, 3.8) is 0 Å². The van der Waals surface area contributed by atoms with E-state index in [4.69, 9.17) is 15.6 Å². The molecule has 0 aliphatic carbocycles. The fourth-order valence-electron chi connectivity index (χ4n) is 1.47. The van der Waals surface area contributed by atoms with Gasteiger partial charge in [-0.05, 0) is 24.3 Å². The highest BCUT2D eigenvalue weighted by Gasteiger charge is 2.13. The zero-order chi connectivity index (χ0) is 13.1. The van der Waals surface area contributed by atoms with E-state index in [-0.39, 0.29) is 28.5 Å². The Morgan fingerprint density at radius 3 is 2.44 bits per heavy atom. The molecule has 2 aromatic rings. The van der Waals surface area contributed by atoms with E-state index in [1.807, 2.05) is 0 Å². The molecular weight excluding hydrogens is 234 g/mol. The Morgan fingerprint density at radius 1 is 1.06 bits per heavy atom. The third kappa shape index (κ3) is 2.20. The van der Waals surface area contributed by atoms with Crippen LogP contribution in [0.3, 0.4) is 0 Å². The molecule has 0 atom stereocenters. The minimum atomic E-state index is -1.09. The van der Waals surface area contributed by atoms with Crippen molar-refractivity contribution in [1.29, 1.82) is 0 Å². The van der Waals surface area contributed by atoms with Gasteiger partial charge in [-0.15, -0.1) is 0 Å². The molecule has 0 aliphatic heterocycles. The summed E-state index contributed by atoms with van der Waals surface area (Å²) in [7, 11) is 0.